The van der Waals surface area contributed by atoms with Crippen molar-refractivity contribution in [3.63, 3.8) is 0 Å². The number of methoxy groups -OCH3 is 1. The predicted octanol–water partition coefficient (Wildman–Crippen LogP) is 3.01. The largest absolute Gasteiger partial charge is 0.493 e. The number of benzene rings is 2. The lowest BCUT2D eigenvalue weighted by Gasteiger charge is -2.19. The molecular formula is C20H22F2N2O5S. The molecule has 1 aliphatic carbocycles. The van der Waals surface area contributed by atoms with Gasteiger partial charge in [-0.25, -0.2) is 13.1 Å². The molecular weight excluding hydrogens is 418 g/mol. The van der Waals surface area contributed by atoms with E-state index < -0.39 is 16.6 Å². The fourth-order valence-corrected chi connectivity index (χ4v) is 4.21. The van der Waals surface area contributed by atoms with Gasteiger partial charge in [-0.3, -0.25) is 4.79 Å². The van der Waals surface area contributed by atoms with E-state index in [0.717, 1.165) is 12.8 Å². The Morgan fingerprint density at radius 3 is 2.57 bits per heavy atom. The fourth-order valence-electron chi connectivity index (χ4n) is 2.85. The van der Waals surface area contributed by atoms with Crippen LogP contribution in [0.1, 0.15) is 28.8 Å². The molecule has 2 aromatic rings. The zero-order valence-electron chi connectivity index (χ0n) is 16.5. The molecule has 0 heterocycles. The molecule has 1 aliphatic rings. The summed E-state index contributed by atoms with van der Waals surface area (Å²) in [6.07, 6.45) is 1.62. The highest BCUT2D eigenvalue weighted by Gasteiger charge is 2.28. The average Bonchev–Trinajstić information content (AvgIpc) is 3.51. The van der Waals surface area contributed by atoms with Crippen LogP contribution in [0.4, 0.5) is 8.78 Å². The topological polar surface area (TPSA) is 84.9 Å². The van der Waals surface area contributed by atoms with E-state index in [4.69, 9.17) is 4.74 Å². The van der Waals surface area contributed by atoms with Crippen LogP contribution in [0.5, 0.6) is 11.5 Å². The maximum Gasteiger partial charge on any atom is 0.387 e. The van der Waals surface area contributed by atoms with E-state index in [2.05, 4.69) is 9.46 Å². The van der Waals surface area contributed by atoms with Gasteiger partial charge >= 0.3 is 6.61 Å². The number of carbonyl (C=O) groups excluding carboxylic acids is 1. The SMILES string of the molecule is COc1cc(CN(C)C(=O)c2cccc(S(=O)(=O)NC3CC3)c2)ccc1OC(F)F. The molecule has 3 rings (SSSR count). The molecule has 10 heteroatoms. The van der Waals surface area contributed by atoms with Gasteiger partial charge in [0.15, 0.2) is 11.5 Å². The van der Waals surface area contributed by atoms with Crippen LogP contribution in [-0.4, -0.2) is 46.0 Å². The minimum Gasteiger partial charge on any atom is -0.493 e. The number of nitrogens with one attached hydrogen (secondary N) is 1. The zero-order valence-corrected chi connectivity index (χ0v) is 17.3. The molecule has 0 aromatic heterocycles. The number of sulfonamides is 1. The van der Waals surface area contributed by atoms with Crippen LogP contribution in [0.3, 0.4) is 0 Å². The van der Waals surface area contributed by atoms with Crippen LogP contribution in [0.2, 0.25) is 0 Å². The quantitative estimate of drug-likeness (QED) is 0.648. The summed E-state index contributed by atoms with van der Waals surface area (Å²) >= 11 is 0. The van der Waals surface area contributed by atoms with Gasteiger partial charge in [-0.2, -0.15) is 8.78 Å². The molecule has 0 spiro atoms. The summed E-state index contributed by atoms with van der Waals surface area (Å²) in [6, 6.07) is 10.2. The van der Waals surface area contributed by atoms with Gasteiger partial charge in [0.05, 0.1) is 12.0 Å². The first-order valence-corrected chi connectivity index (χ1v) is 10.7. The van der Waals surface area contributed by atoms with Crippen molar-refractivity contribution in [2.45, 2.75) is 36.9 Å². The number of carbonyl (C=O) groups is 1. The molecule has 1 amide bonds. The van der Waals surface area contributed by atoms with Crippen molar-refractivity contribution in [1.82, 2.24) is 9.62 Å². The monoisotopic (exact) mass is 440 g/mol. The minimum atomic E-state index is -3.67. The van der Waals surface area contributed by atoms with Gasteiger partial charge in [0.25, 0.3) is 5.91 Å². The number of hydrogen-bond donors (Lipinski definition) is 1. The van der Waals surface area contributed by atoms with Gasteiger partial charge in [0.1, 0.15) is 0 Å². The Hall–Kier alpha value is -2.72. The van der Waals surface area contributed by atoms with E-state index in [1.54, 1.807) is 13.1 Å². The van der Waals surface area contributed by atoms with Crippen molar-refractivity contribution in [2.24, 2.45) is 0 Å². The van der Waals surface area contributed by atoms with Gasteiger partial charge in [-0.1, -0.05) is 12.1 Å². The first-order valence-electron chi connectivity index (χ1n) is 9.19. The third kappa shape index (κ3) is 5.45. The Bertz CT molecular complexity index is 1030. The third-order valence-corrected chi connectivity index (χ3v) is 6.02. The highest BCUT2D eigenvalue weighted by molar-refractivity contribution is 7.89. The summed E-state index contributed by atoms with van der Waals surface area (Å²) in [6.45, 7) is -2.83. The van der Waals surface area contributed by atoms with E-state index in [0.29, 0.717) is 5.56 Å². The van der Waals surface area contributed by atoms with Crippen molar-refractivity contribution < 1.29 is 31.5 Å². The second-order valence-electron chi connectivity index (χ2n) is 6.95. The molecule has 0 atom stereocenters. The number of nitrogens with zero attached hydrogens (tertiary/aromatic N) is 1. The van der Waals surface area contributed by atoms with Gasteiger partial charge in [0.2, 0.25) is 10.0 Å². The van der Waals surface area contributed by atoms with Crippen molar-refractivity contribution in [3.05, 3.63) is 53.6 Å². The molecule has 7 nitrogen and oxygen atoms in total. The first-order chi connectivity index (χ1) is 14.2. The van der Waals surface area contributed by atoms with Crippen LogP contribution in [0.15, 0.2) is 47.4 Å². The Kier molecular flexibility index (Phi) is 6.57. The average molecular weight is 440 g/mol. The van der Waals surface area contributed by atoms with Crippen LogP contribution in [0, 0.1) is 0 Å². The number of alkyl halides is 2. The van der Waals surface area contributed by atoms with E-state index in [-0.39, 0.29) is 40.5 Å². The number of ether oxygens (including phenoxy) is 2. The van der Waals surface area contributed by atoms with Crippen molar-refractivity contribution in [1.29, 1.82) is 0 Å². The molecule has 30 heavy (non-hydrogen) atoms. The normalized spacial score (nSPS) is 13.9. The van der Waals surface area contributed by atoms with E-state index in [1.165, 1.54) is 48.4 Å². The van der Waals surface area contributed by atoms with Crippen molar-refractivity contribution >= 4 is 15.9 Å². The first kappa shape index (κ1) is 22.0. The predicted molar refractivity (Wildman–Crippen MR) is 105 cm³/mol. The Morgan fingerprint density at radius 2 is 1.93 bits per heavy atom. The lowest BCUT2D eigenvalue weighted by molar-refractivity contribution is -0.0512. The zero-order chi connectivity index (χ0) is 21.9. The lowest BCUT2D eigenvalue weighted by atomic mass is 10.1. The van der Waals surface area contributed by atoms with Crippen molar-refractivity contribution in [3.8, 4) is 11.5 Å². The van der Waals surface area contributed by atoms with E-state index in [1.807, 2.05) is 0 Å². The second-order valence-corrected chi connectivity index (χ2v) is 8.66. The Balaban J connectivity index is 1.74. The molecule has 1 N–H and O–H groups in total. The summed E-state index contributed by atoms with van der Waals surface area (Å²) in [5.41, 5.74) is 0.851. The molecule has 0 aliphatic heterocycles. The third-order valence-electron chi connectivity index (χ3n) is 4.50. The molecule has 0 radical (unpaired) electrons. The summed E-state index contributed by atoms with van der Waals surface area (Å²) in [7, 11) is -0.789. The number of rotatable bonds is 9. The fraction of sp³-hybridized carbons (Fsp3) is 0.350. The van der Waals surface area contributed by atoms with Gasteiger partial charge in [0, 0.05) is 25.2 Å². The van der Waals surface area contributed by atoms with Gasteiger partial charge in [-0.15, -0.1) is 0 Å². The molecule has 162 valence electrons. The Morgan fingerprint density at radius 1 is 1.20 bits per heavy atom. The van der Waals surface area contributed by atoms with Crippen LogP contribution < -0.4 is 14.2 Å². The summed E-state index contributed by atoms with van der Waals surface area (Å²) < 4.78 is 61.7. The summed E-state index contributed by atoms with van der Waals surface area (Å²) in [5, 5.41) is 0. The molecule has 0 unspecified atom stereocenters. The highest BCUT2D eigenvalue weighted by Crippen LogP contribution is 2.30. The molecule has 0 bridgehead atoms. The summed E-state index contributed by atoms with van der Waals surface area (Å²) in [4.78, 5) is 14.2. The van der Waals surface area contributed by atoms with Gasteiger partial charge in [-0.05, 0) is 48.7 Å². The number of halogens is 2. The molecule has 2 aromatic carbocycles. The maximum absolute atomic E-state index is 12.8. The Labute approximate surface area is 173 Å². The smallest absolute Gasteiger partial charge is 0.387 e. The minimum absolute atomic E-state index is 0.0313. The maximum atomic E-state index is 12.8. The van der Waals surface area contributed by atoms with Gasteiger partial charge < -0.3 is 14.4 Å². The summed E-state index contributed by atoms with van der Waals surface area (Å²) in [5.74, 6) is -0.371. The number of hydrogen-bond acceptors (Lipinski definition) is 5. The van der Waals surface area contributed by atoms with E-state index >= 15 is 0 Å². The second kappa shape index (κ2) is 8.97. The standard InChI is InChI=1S/C20H22F2N2O5S/c1-24(12-13-6-9-17(29-20(21)22)18(10-13)28-2)19(25)14-4-3-5-16(11-14)30(26,27)23-15-7-8-15/h3-6,9-11,15,20,23H,7-8,12H2,1-2H3. The highest BCUT2D eigenvalue weighted by atomic mass is 32.2. The lowest BCUT2D eigenvalue weighted by Crippen LogP contribution is -2.28. The van der Waals surface area contributed by atoms with Crippen LogP contribution >= 0.6 is 0 Å². The molecule has 0 saturated heterocycles. The van der Waals surface area contributed by atoms with Crippen molar-refractivity contribution in [2.75, 3.05) is 14.2 Å². The van der Waals surface area contributed by atoms with Crippen LogP contribution in [0.25, 0.3) is 0 Å². The van der Waals surface area contributed by atoms with E-state index in [9.17, 15) is 22.0 Å². The number of amides is 1. The van der Waals surface area contributed by atoms with Crippen LogP contribution in [-0.2, 0) is 16.6 Å². The molecule has 1 saturated carbocycles. The molecule has 1 fully saturated rings.